The van der Waals surface area contributed by atoms with Gasteiger partial charge in [-0.3, -0.25) is 4.79 Å². The largest absolute Gasteiger partial charge is 0.344 e. The zero-order valence-corrected chi connectivity index (χ0v) is 14.7. The molecule has 0 bridgehead atoms. The molecule has 1 saturated heterocycles. The number of nitrogens with zero attached hydrogens (tertiary/aromatic N) is 1. The van der Waals surface area contributed by atoms with Gasteiger partial charge < -0.3 is 15.5 Å². The summed E-state index contributed by atoms with van der Waals surface area (Å²) in [6.45, 7) is 4.79. The van der Waals surface area contributed by atoms with Crippen molar-refractivity contribution in [3.8, 4) is 0 Å². The third kappa shape index (κ3) is 3.89. The molecular weight excluding hydrogens is 302 g/mol. The van der Waals surface area contributed by atoms with Gasteiger partial charge in [0.2, 0.25) is 5.91 Å². The maximum atomic E-state index is 12.2. The van der Waals surface area contributed by atoms with E-state index in [-0.39, 0.29) is 24.0 Å². The molecule has 1 aromatic carbocycles. The number of hydrogen-bond donors (Lipinski definition) is 2. The van der Waals surface area contributed by atoms with Crippen molar-refractivity contribution in [3.05, 3.63) is 35.4 Å². The van der Waals surface area contributed by atoms with Gasteiger partial charge in [-0.15, -0.1) is 0 Å². The van der Waals surface area contributed by atoms with Crippen LogP contribution in [0.1, 0.15) is 43.2 Å². The van der Waals surface area contributed by atoms with Crippen LogP contribution >= 0.6 is 0 Å². The molecule has 1 heterocycles. The lowest BCUT2D eigenvalue weighted by molar-refractivity contribution is -0.132. The minimum atomic E-state index is -0.120. The van der Waals surface area contributed by atoms with E-state index in [1.165, 1.54) is 11.1 Å². The Morgan fingerprint density at radius 1 is 1.38 bits per heavy atom. The van der Waals surface area contributed by atoms with E-state index >= 15 is 0 Å². The maximum absolute atomic E-state index is 12.2. The molecule has 0 radical (unpaired) electrons. The number of aryl methyl sites for hydroxylation is 1. The minimum Gasteiger partial charge on any atom is -0.344 e. The molecule has 5 nitrogen and oxygen atoms in total. The lowest BCUT2D eigenvalue weighted by atomic mass is 10.0. The number of piperidine rings is 1. The first kappa shape index (κ1) is 16.8. The van der Waals surface area contributed by atoms with E-state index < -0.39 is 0 Å². The summed E-state index contributed by atoms with van der Waals surface area (Å²) in [4.78, 5) is 25.4. The molecule has 0 unspecified atom stereocenters. The average Bonchev–Trinajstić information content (AvgIpc) is 3.31. The summed E-state index contributed by atoms with van der Waals surface area (Å²) in [6.07, 6.45) is 2.36. The summed E-state index contributed by atoms with van der Waals surface area (Å²) in [6, 6.07) is 8.72. The molecule has 24 heavy (non-hydrogen) atoms. The summed E-state index contributed by atoms with van der Waals surface area (Å²) in [5.74, 6) is 1.22. The number of urea groups is 1. The van der Waals surface area contributed by atoms with Crippen molar-refractivity contribution in [3.63, 3.8) is 0 Å². The summed E-state index contributed by atoms with van der Waals surface area (Å²) in [5.41, 5.74) is 2.66. The van der Waals surface area contributed by atoms with E-state index in [0.717, 1.165) is 12.8 Å². The lowest BCUT2D eigenvalue weighted by Gasteiger charge is -2.30. The zero-order chi connectivity index (χ0) is 17.3. The van der Waals surface area contributed by atoms with E-state index in [1.807, 2.05) is 0 Å². The van der Waals surface area contributed by atoms with E-state index in [1.54, 1.807) is 11.9 Å². The second-order valence-corrected chi connectivity index (χ2v) is 7.34. The van der Waals surface area contributed by atoms with Gasteiger partial charge in [0.1, 0.15) is 0 Å². The van der Waals surface area contributed by atoms with Crippen LogP contribution in [0, 0.1) is 12.8 Å². The van der Waals surface area contributed by atoms with Gasteiger partial charge in [-0.05, 0) is 44.1 Å². The van der Waals surface area contributed by atoms with Crippen LogP contribution in [0.4, 0.5) is 4.79 Å². The van der Waals surface area contributed by atoms with Crippen molar-refractivity contribution in [1.29, 1.82) is 0 Å². The average molecular weight is 329 g/mol. The van der Waals surface area contributed by atoms with Gasteiger partial charge in [0, 0.05) is 32.1 Å². The molecule has 130 valence electrons. The van der Waals surface area contributed by atoms with Gasteiger partial charge in [0.25, 0.3) is 0 Å². The Morgan fingerprint density at radius 2 is 2.17 bits per heavy atom. The van der Waals surface area contributed by atoms with Crippen molar-refractivity contribution < 1.29 is 9.59 Å². The highest BCUT2D eigenvalue weighted by Crippen LogP contribution is 2.49. The van der Waals surface area contributed by atoms with Gasteiger partial charge in [0.05, 0.1) is 0 Å². The van der Waals surface area contributed by atoms with E-state index in [2.05, 4.69) is 48.7 Å². The SMILES string of the molecule is Cc1cccc([C@@H]2C[C@@H]2[C@@H](C)NC(=O)N[C@@H]2CCC(=O)N(C)C2)c1. The Bertz CT molecular complexity index is 631. The van der Waals surface area contributed by atoms with Crippen molar-refractivity contribution in [2.75, 3.05) is 13.6 Å². The Kier molecular flexibility index (Phi) is 4.78. The number of carbonyl (C=O) groups excluding carboxylic acids is 2. The topological polar surface area (TPSA) is 61.4 Å². The molecule has 4 atom stereocenters. The molecular formula is C19H27N3O2. The number of rotatable bonds is 4. The Morgan fingerprint density at radius 3 is 2.88 bits per heavy atom. The molecule has 3 amide bonds. The first-order chi connectivity index (χ1) is 11.4. The normalized spacial score (nSPS) is 27.5. The molecule has 1 saturated carbocycles. The fourth-order valence-electron chi connectivity index (χ4n) is 3.72. The highest BCUT2D eigenvalue weighted by Gasteiger charge is 2.42. The standard InChI is InChI=1S/C19H27N3O2/c1-12-5-4-6-14(9-12)17-10-16(17)13(2)20-19(24)21-15-7-8-18(23)22(3)11-15/h4-6,9,13,15-17H,7-8,10-11H2,1-3H3,(H2,20,21,24)/t13-,15-,16-,17+/m1/s1. The predicted octanol–water partition coefficient (Wildman–Crippen LogP) is 2.41. The molecule has 3 rings (SSSR count). The van der Waals surface area contributed by atoms with Gasteiger partial charge in [-0.1, -0.05) is 29.8 Å². The van der Waals surface area contributed by atoms with E-state index in [0.29, 0.717) is 24.8 Å². The zero-order valence-electron chi connectivity index (χ0n) is 14.7. The molecule has 1 aromatic rings. The lowest BCUT2D eigenvalue weighted by Crippen LogP contribution is -2.52. The van der Waals surface area contributed by atoms with E-state index in [9.17, 15) is 9.59 Å². The molecule has 2 fully saturated rings. The molecule has 2 aliphatic rings. The van der Waals surface area contributed by atoms with Crippen LogP contribution in [0.15, 0.2) is 24.3 Å². The molecule has 5 heteroatoms. The van der Waals surface area contributed by atoms with Crippen LogP contribution in [-0.4, -0.2) is 42.5 Å². The van der Waals surface area contributed by atoms with Crippen LogP contribution in [0.3, 0.4) is 0 Å². The Hall–Kier alpha value is -2.04. The Balaban J connectivity index is 1.46. The summed E-state index contributed by atoms with van der Waals surface area (Å²) >= 11 is 0. The van der Waals surface area contributed by atoms with Crippen molar-refractivity contribution >= 4 is 11.9 Å². The van der Waals surface area contributed by atoms with Crippen LogP contribution in [0.25, 0.3) is 0 Å². The minimum absolute atomic E-state index is 0.0478. The highest BCUT2D eigenvalue weighted by atomic mass is 16.2. The number of hydrogen-bond acceptors (Lipinski definition) is 2. The number of carbonyl (C=O) groups is 2. The molecule has 1 aliphatic heterocycles. The fraction of sp³-hybridized carbons (Fsp3) is 0.579. The van der Waals surface area contributed by atoms with Gasteiger partial charge >= 0.3 is 6.03 Å². The van der Waals surface area contributed by atoms with Crippen LogP contribution in [-0.2, 0) is 4.79 Å². The quantitative estimate of drug-likeness (QED) is 0.891. The molecule has 1 aliphatic carbocycles. The van der Waals surface area contributed by atoms with Crippen LogP contribution in [0.5, 0.6) is 0 Å². The number of likely N-dealkylation sites (tertiary alicyclic amines) is 1. The van der Waals surface area contributed by atoms with Crippen molar-refractivity contribution in [2.45, 2.75) is 51.1 Å². The number of amides is 3. The summed E-state index contributed by atoms with van der Waals surface area (Å²) < 4.78 is 0. The van der Waals surface area contributed by atoms with E-state index in [4.69, 9.17) is 0 Å². The van der Waals surface area contributed by atoms with Crippen LogP contribution < -0.4 is 10.6 Å². The van der Waals surface area contributed by atoms with Crippen molar-refractivity contribution in [1.82, 2.24) is 15.5 Å². The monoisotopic (exact) mass is 329 g/mol. The molecule has 0 spiro atoms. The van der Waals surface area contributed by atoms with Crippen LogP contribution in [0.2, 0.25) is 0 Å². The summed E-state index contributed by atoms with van der Waals surface area (Å²) in [5, 5.41) is 6.08. The smallest absolute Gasteiger partial charge is 0.315 e. The second-order valence-electron chi connectivity index (χ2n) is 7.34. The fourth-order valence-corrected chi connectivity index (χ4v) is 3.72. The number of nitrogens with one attached hydrogen (secondary N) is 2. The van der Waals surface area contributed by atoms with Gasteiger partial charge in [-0.2, -0.15) is 0 Å². The third-order valence-corrected chi connectivity index (χ3v) is 5.27. The highest BCUT2D eigenvalue weighted by molar-refractivity contribution is 5.78. The second kappa shape index (κ2) is 6.83. The molecule has 2 N–H and O–H groups in total. The number of likely N-dealkylation sites (N-methyl/N-ethyl adjacent to an activating group) is 1. The van der Waals surface area contributed by atoms with Crippen molar-refractivity contribution in [2.24, 2.45) is 5.92 Å². The predicted molar refractivity (Wildman–Crippen MR) is 93.8 cm³/mol. The third-order valence-electron chi connectivity index (χ3n) is 5.27. The molecule has 0 aromatic heterocycles. The first-order valence-electron chi connectivity index (χ1n) is 8.81. The Labute approximate surface area is 143 Å². The van der Waals surface area contributed by atoms with Gasteiger partial charge in [0.15, 0.2) is 0 Å². The number of benzene rings is 1. The van der Waals surface area contributed by atoms with Gasteiger partial charge in [-0.25, -0.2) is 4.79 Å². The first-order valence-corrected chi connectivity index (χ1v) is 8.81. The summed E-state index contributed by atoms with van der Waals surface area (Å²) in [7, 11) is 1.79. The maximum Gasteiger partial charge on any atom is 0.315 e.